The summed E-state index contributed by atoms with van der Waals surface area (Å²) in [6, 6.07) is 14.6. The summed E-state index contributed by atoms with van der Waals surface area (Å²) in [5, 5.41) is 4.68. The summed E-state index contributed by atoms with van der Waals surface area (Å²) in [5.74, 6) is -0.698. The number of urea groups is 1. The van der Waals surface area contributed by atoms with Crippen molar-refractivity contribution in [1.82, 2.24) is 14.8 Å². The molecule has 3 aromatic rings. The Morgan fingerprint density at radius 2 is 1.84 bits per heavy atom. The van der Waals surface area contributed by atoms with E-state index in [1.165, 1.54) is 0 Å². The SMILES string of the molecule is C=CCn1c(C)cc(C(=O)CN2C(=O)NC(C)(c3cccc4ccccc34)C2=O)c1C. The first-order valence-corrected chi connectivity index (χ1v) is 10.2. The first kappa shape index (κ1) is 20.6. The van der Waals surface area contributed by atoms with Gasteiger partial charge in [0.05, 0.1) is 6.54 Å². The van der Waals surface area contributed by atoms with E-state index in [4.69, 9.17) is 0 Å². The van der Waals surface area contributed by atoms with Gasteiger partial charge in [-0.05, 0) is 43.2 Å². The molecule has 1 atom stereocenters. The van der Waals surface area contributed by atoms with Crippen molar-refractivity contribution in [3.8, 4) is 0 Å². The molecular weight excluding hydrogens is 390 g/mol. The fraction of sp³-hybridized carbons (Fsp3) is 0.240. The first-order valence-electron chi connectivity index (χ1n) is 10.2. The Labute approximate surface area is 181 Å². The third-order valence-corrected chi connectivity index (χ3v) is 6.09. The lowest BCUT2D eigenvalue weighted by Crippen LogP contribution is -2.41. The van der Waals surface area contributed by atoms with Crippen molar-refractivity contribution >= 4 is 28.5 Å². The molecular formula is C25H25N3O3. The molecule has 4 rings (SSSR count). The molecule has 1 saturated heterocycles. The molecule has 0 radical (unpaired) electrons. The van der Waals surface area contributed by atoms with Crippen LogP contribution in [-0.4, -0.2) is 33.7 Å². The number of carbonyl (C=O) groups is 3. The number of imide groups is 1. The molecule has 6 nitrogen and oxygen atoms in total. The number of hydrogen-bond donors (Lipinski definition) is 1. The third-order valence-electron chi connectivity index (χ3n) is 6.09. The molecule has 0 bridgehead atoms. The van der Waals surface area contributed by atoms with Crippen LogP contribution < -0.4 is 5.32 Å². The number of ketones is 1. The monoisotopic (exact) mass is 415 g/mol. The first-order chi connectivity index (χ1) is 14.8. The lowest BCUT2D eigenvalue weighted by molar-refractivity contribution is -0.130. The predicted octanol–water partition coefficient (Wildman–Crippen LogP) is 4.09. The molecule has 0 aliphatic carbocycles. The van der Waals surface area contributed by atoms with Crippen LogP contribution in [0.5, 0.6) is 0 Å². The zero-order chi connectivity index (χ0) is 22.3. The highest BCUT2D eigenvalue weighted by atomic mass is 16.2. The van der Waals surface area contributed by atoms with Crippen molar-refractivity contribution in [3.63, 3.8) is 0 Å². The second-order valence-corrected chi connectivity index (χ2v) is 8.08. The van der Waals surface area contributed by atoms with Gasteiger partial charge in [-0.1, -0.05) is 48.5 Å². The van der Waals surface area contributed by atoms with E-state index in [1.54, 1.807) is 19.1 Å². The van der Waals surface area contributed by atoms with Gasteiger partial charge in [0.2, 0.25) is 0 Å². The zero-order valence-electron chi connectivity index (χ0n) is 17.9. The second kappa shape index (κ2) is 7.54. The highest BCUT2D eigenvalue weighted by molar-refractivity contribution is 6.12. The number of hydrogen-bond acceptors (Lipinski definition) is 3. The van der Waals surface area contributed by atoms with Gasteiger partial charge in [-0.25, -0.2) is 4.79 Å². The fourth-order valence-electron chi connectivity index (χ4n) is 4.41. The summed E-state index contributed by atoms with van der Waals surface area (Å²) in [6.07, 6.45) is 1.77. The maximum atomic E-state index is 13.4. The van der Waals surface area contributed by atoms with E-state index >= 15 is 0 Å². The van der Waals surface area contributed by atoms with E-state index in [0.717, 1.165) is 27.1 Å². The Morgan fingerprint density at radius 1 is 1.13 bits per heavy atom. The van der Waals surface area contributed by atoms with Crippen molar-refractivity contribution in [1.29, 1.82) is 0 Å². The maximum absolute atomic E-state index is 13.4. The van der Waals surface area contributed by atoms with Gasteiger partial charge in [0.25, 0.3) is 5.91 Å². The lowest BCUT2D eigenvalue weighted by Gasteiger charge is -2.24. The van der Waals surface area contributed by atoms with Crippen LogP contribution in [0.4, 0.5) is 4.79 Å². The molecule has 1 unspecified atom stereocenters. The second-order valence-electron chi connectivity index (χ2n) is 8.08. The summed E-state index contributed by atoms with van der Waals surface area (Å²) in [5.41, 5.74) is 1.71. The molecule has 158 valence electrons. The average Bonchev–Trinajstić information content (AvgIpc) is 3.16. The molecule has 1 aliphatic heterocycles. The fourth-order valence-corrected chi connectivity index (χ4v) is 4.41. The minimum absolute atomic E-state index is 0.269. The number of nitrogens with one attached hydrogen (secondary N) is 1. The van der Waals surface area contributed by atoms with Gasteiger partial charge in [-0.2, -0.15) is 0 Å². The zero-order valence-corrected chi connectivity index (χ0v) is 17.9. The van der Waals surface area contributed by atoms with Crippen molar-refractivity contribution in [2.24, 2.45) is 0 Å². The summed E-state index contributed by atoms with van der Waals surface area (Å²) in [7, 11) is 0. The van der Waals surface area contributed by atoms with Gasteiger partial charge < -0.3 is 9.88 Å². The molecule has 2 heterocycles. The number of aryl methyl sites for hydroxylation is 1. The van der Waals surface area contributed by atoms with Crippen molar-refractivity contribution in [2.45, 2.75) is 32.9 Å². The number of aromatic nitrogens is 1. The van der Waals surface area contributed by atoms with E-state index in [9.17, 15) is 14.4 Å². The minimum Gasteiger partial charge on any atom is -0.345 e. The van der Waals surface area contributed by atoms with Gasteiger partial charge in [0, 0.05) is 23.5 Å². The smallest absolute Gasteiger partial charge is 0.325 e. The van der Waals surface area contributed by atoms with Crippen LogP contribution in [0.15, 0.2) is 61.2 Å². The molecule has 1 aromatic heterocycles. The van der Waals surface area contributed by atoms with Crippen molar-refractivity contribution < 1.29 is 14.4 Å². The van der Waals surface area contributed by atoms with Crippen LogP contribution in [0.2, 0.25) is 0 Å². The molecule has 1 aliphatic rings. The summed E-state index contributed by atoms with van der Waals surface area (Å²) < 4.78 is 1.98. The molecule has 6 heteroatoms. The van der Waals surface area contributed by atoms with E-state index in [1.807, 2.05) is 60.9 Å². The molecule has 2 aromatic carbocycles. The van der Waals surface area contributed by atoms with Gasteiger partial charge >= 0.3 is 6.03 Å². The van der Waals surface area contributed by atoms with E-state index < -0.39 is 17.5 Å². The Balaban J connectivity index is 1.65. The number of fused-ring (bicyclic) bond motifs is 1. The Bertz CT molecular complexity index is 1230. The number of Topliss-reactive ketones (excluding diaryl/α,β-unsaturated/α-hetero) is 1. The maximum Gasteiger partial charge on any atom is 0.325 e. The standard InChI is InChI=1S/C25H25N3O3/c1-5-13-27-16(2)14-20(17(27)3)22(29)15-28-23(30)25(4,26-24(28)31)21-12-8-10-18-9-6-7-11-19(18)21/h5-12,14H,1,13,15H2,2-4H3,(H,26,31). The molecule has 0 saturated carbocycles. The summed E-state index contributed by atoms with van der Waals surface area (Å²) >= 11 is 0. The normalized spacial score (nSPS) is 18.5. The molecule has 1 N–H and O–H groups in total. The van der Waals surface area contributed by atoms with Crippen LogP contribution in [0.3, 0.4) is 0 Å². The Hall–Kier alpha value is -3.67. The van der Waals surface area contributed by atoms with E-state index in [2.05, 4.69) is 11.9 Å². The average molecular weight is 415 g/mol. The lowest BCUT2D eigenvalue weighted by atomic mass is 9.88. The number of carbonyl (C=O) groups excluding carboxylic acids is 3. The highest BCUT2D eigenvalue weighted by Gasteiger charge is 2.50. The van der Waals surface area contributed by atoms with Crippen molar-refractivity contribution in [3.05, 3.63) is 83.7 Å². The van der Waals surface area contributed by atoms with Crippen LogP contribution in [0.25, 0.3) is 10.8 Å². The minimum atomic E-state index is -1.24. The van der Waals surface area contributed by atoms with Gasteiger partial charge in [-0.3, -0.25) is 14.5 Å². The van der Waals surface area contributed by atoms with Crippen LogP contribution >= 0.6 is 0 Å². The number of rotatable bonds is 6. The van der Waals surface area contributed by atoms with Crippen LogP contribution in [-0.2, 0) is 16.9 Å². The number of amides is 3. The number of allylic oxidation sites excluding steroid dienone is 1. The van der Waals surface area contributed by atoms with Crippen LogP contribution in [0.1, 0.15) is 34.2 Å². The molecule has 1 fully saturated rings. The quantitative estimate of drug-likeness (QED) is 0.374. The van der Waals surface area contributed by atoms with E-state index in [0.29, 0.717) is 17.7 Å². The number of nitrogens with zero attached hydrogens (tertiary/aromatic N) is 2. The van der Waals surface area contributed by atoms with Gasteiger partial charge in [0.15, 0.2) is 5.78 Å². The summed E-state index contributed by atoms with van der Waals surface area (Å²) in [6.45, 7) is 9.50. The summed E-state index contributed by atoms with van der Waals surface area (Å²) in [4.78, 5) is 40.2. The highest BCUT2D eigenvalue weighted by Crippen LogP contribution is 2.34. The third kappa shape index (κ3) is 3.24. The topological polar surface area (TPSA) is 71.4 Å². The number of benzene rings is 2. The van der Waals surface area contributed by atoms with Gasteiger partial charge in [-0.15, -0.1) is 6.58 Å². The largest absolute Gasteiger partial charge is 0.345 e. The van der Waals surface area contributed by atoms with E-state index in [-0.39, 0.29) is 12.3 Å². The Morgan fingerprint density at radius 3 is 2.58 bits per heavy atom. The van der Waals surface area contributed by atoms with Crippen LogP contribution in [0, 0.1) is 13.8 Å². The van der Waals surface area contributed by atoms with Gasteiger partial charge in [0.1, 0.15) is 5.54 Å². The van der Waals surface area contributed by atoms with Crippen molar-refractivity contribution in [2.75, 3.05) is 6.54 Å². The molecule has 31 heavy (non-hydrogen) atoms. The Kier molecular flexibility index (Phi) is 5.01. The molecule has 0 spiro atoms. The molecule has 3 amide bonds. The predicted molar refractivity (Wildman–Crippen MR) is 120 cm³/mol.